The molecular formula is C12H10N4OS. The van der Waals surface area contributed by atoms with Crippen LogP contribution in [0.3, 0.4) is 0 Å². The zero-order valence-corrected chi connectivity index (χ0v) is 10.2. The molecule has 0 saturated carbocycles. The summed E-state index contributed by atoms with van der Waals surface area (Å²) in [5.74, 6) is 0.490. The average Bonchev–Trinajstić information content (AvgIpc) is 2.79. The Kier molecular flexibility index (Phi) is 2.66. The number of aliphatic hydroxyl groups excluding tert-OH is 1. The predicted octanol–water partition coefficient (Wildman–Crippen LogP) is 1.97. The molecule has 90 valence electrons. The summed E-state index contributed by atoms with van der Waals surface area (Å²) in [4.78, 5) is 4.09. The second-order valence-corrected chi connectivity index (χ2v) is 4.20. The standard InChI is InChI=1S/C12H10N4OS/c17-7-11-14-15-12(18)16(11)10-3-1-2-8-6-13-5-4-9(8)10/h1-6,17H,7H2,(H,15,18). The van der Waals surface area contributed by atoms with E-state index in [-0.39, 0.29) is 6.61 Å². The second-order valence-electron chi connectivity index (χ2n) is 3.81. The van der Waals surface area contributed by atoms with Crippen LogP contribution in [0.1, 0.15) is 5.82 Å². The summed E-state index contributed by atoms with van der Waals surface area (Å²) in [7, 11) is 0. The summed E-state index contributed by atoms with van der Waals surface area (Å²) in [6, 6.07) is 7.76. The molecule has 6 heteroatoms. The highest BCUT2D eigenvalue weighted by Gasteiger charge is 2.09. The van der Waals surface area contributed by atoms with E-state index in [1.54, 1.807) is 17.0 Å². The van der Waals surface area contributed by atoms with E-state index >= 15 is 0 Å². The maximum absolute atomic E-state index is 9.30. The Hall–Kier alpha value is -2.05. The van der Waals surface area contributed by atoms with Crippen molar-refractivity contribution in [3.63, 3.8) is 0 Å². The number of rotatable bonds is 2. The molecule has 0 aliphatic carbocycles. The summed E-state index contributed by atoms with van der Waals surface area (Å²) >= 11 is 5.20. The number of hydrogen-bond donors (Lipinski definition) is 2. The minimum atomic E-state index is -0.172. The molecule has 0 atom stereocenters. The molecule has 0 aliphatic heterocycles. The summed E-state index contributed by atoms with van der Waals surface area (Å²) < 4.78 is 2.20. The van der Waals surface area contributed by atoms with Crippen molar-refractivity contribution in [2.24, 2.45) is 0 Å². The molecule has 0 fully saturated rings. The van der Waals surface area contributed by atoms with Crippen molar-refractivity contribution in [1.29, 1.82) is 0 Å². The lowest BCUT2D eigenvalue weighted by Gasteiger charge is -2.08. The molecule has 0 unspecified atom stereocenters. The van der Waals surface area contributed by atoms with Gasteiger partial charge in [-0.1, -0.05) is 12.1 Å². The summed E-state index contributed by atoms with van der Waals surface area (Å²) in [6.07, 6.45) is 3.52. The van der Waals surface area contributed by atoms with Gasteiger partial charge in [0.2, 0.25) is 0 Å². The Bertz CT molecular complexity index is 757. The molecular weight excluding hydrogens is 248 g/mol. The SMILES string of the molecule is OCc1n[nH]c(=S)n1-c1cccc2cnccc12. The lowest BCUT2D eigenvalue weighted by molar-refractivity contribution is 0.269. The highest BCUT2D eigenvalue weighted by molar-refractivity contribution is 7.71. The third-order valence-electron chi connectivity index (χ3n) is 2.78. The van der Waals surface area contributed by atoms with Crippen molar-refractivity contribution >= 4 is 23.0 Å². The van der Waals surface area contributed by atoms with Crippen LogP contribution in [0.15, 0.2) is 36.7 Å². The van der Waals surface area contributed by atoms with Gasteiger partial charge >= 0.3 is 0 Å². The highest BCUT2D eigenvalue weighted by Crippen LogP contribution is 2.22. The summed E-state index contributed by atoms with van der Waals surface area (Å²) in [5, 5.41) is 18.0. The number of fused-ring (bicyclic) bond motifs is 1. The summed E-state index contributed by atoms with van der Waals surface area (Å²) in [6.45, 7) is -0.172. The van der Waals surface area contributed by atoms with E-state index in [2.05, 4.69) is 15.2 Å². The number of aromatic nitrogens is 4. The number of benzene rings is 1. The third-order valence-corrected chi connectivity index (χ3v) is 3.06. The topological polar surface area (TPSA) is 66.7 Å². The summed E-state index contributed by atoms with van der Waals surface area (Å²) in [5.41, 5.74) is 0.887. The van der Waals surface area contributed by atoms with Crippen LogP contribution in [0.25, 0.3) is 16.5 Å². The maximum atomic E-state index is 9.30. The van der Waals surface area contributed by atoms with E-state index in [0.717, 1.165) is 16.5 Å². The fraction of sp³-hybridized carbons (Fsp3) is 0.0833. The Morgan fingerprint density at radius 1 is 1.33 bits per heavy atom. The van der Waals surface area contributed by atoms with Crippen molar-refractivity contribution < 1.29 is 5.11 Å². The maximum Gasteiger partial charge on any atom is 0.199 e. The number of hydrogen-bond acceptors (Lipinski definition) is 4. The van der Waals surface area contributed by atoms with Gasteiger partial charge in [0.15, 0.2) is 10.6 Å². The first kappa shape index (κ1) is 11.1. The molecule has 2 heterocycles. The predicted molar refractivity (Wildman–Crippen MR) is 70.0 cm³/mol. The van der Waals surface area contributed by atoms with Crippen molar-refractivity contribution in [2.45, 2.75) is 6.61 Å². The van der Waals surface area contributed by atoms with Gasteiger partial charge in [0.1, 0.15) is 6.61 Å². The molecule has 18 heavy (non-hydrogen) atoms. The fourth-order valence-electron chi connectivity index (χ4n) is 1.98. The minimum absolute atomic E-state index is 0.172. The second kappa shape index (κ2) is 4.32. The molecule has 2 aromatic heterocycles. The van der Waals surface area contributed by atoms with Crippen LogP contribution in [-0.4, -0.2) is 24.9 Å². The molecule has 0 amide bonds. The van der Waals surface area contributed by atoms with Crippen LogP contribution < -0.4 is 0 Å². The molecule has 0 bridgehead atoms. The van der Waals surface area contributed by atoms with Crippen molar-refractivity contribution in [3.05, 3.63) is 47.3 Å². The lowest BCUT2D eigenvalue weighted by Crippen LogP contribution is -2.02. The Balaban J connectivity index is 2.38. The van der Waals surface area contributed by atoms with Crippen LogP contribution in [0.2, 0.25) is 0 Å². The van der Waals surface area contributed by atoms with Crippen molar-refractivity contribution in [2.75, 3.05) is 0 Å². The van der Waals surface area contributed by atoms with Crippen LogP contribution in [0.4, 0.5) is 0 Å². The molecule has 0 aliphatic rings. The average molecular weight is 258 g/mol. The Labute approximate surface area is 108 Å². The fourth-order valence-corrected chi connectivity index (χ4v) is 2.23. The van der Waals surface area contributed by atoms with Gasteiger partial charge in [-0.25, -0.2) is 0 Å². The van der Waals surface area contributed by atoms with E-state index in [1.807, 2.05) is 24.3 Å². The van der Waals surface area contributed by atoms with Gasteiger partial charge in [-0.15, -0.1) is 0 Å². The molecule has 5 nitrogen and oxygen atoms in total. The zero-order chi connectivity index (χ0) is 12.5. The number of aliphatic hydroxyl groups is 1. The molecule has 0 radical (unpaired) electrons. The van der Waals surface area contributed by atoms with Crippen LogP contribution in [0.5, 0.6) is 0 Å². The highest BCUT2D eigenvalue weighted by atomic mass is 32.1. The number of nitrogens with zero attached hydrogens (tertiary/aromatic N) is 3. The largest absolute Gasteiger partial charge is 0.388 e. The molecule has 3 rings (SSSR count). The minimum Gasteiger partial charge on any atom is -0.388 e. The normalized spacial score (nSPS) is 10.9. The first-order valence-electron chi connectivity index (χ1n) is 5.41. The molecule has 0 saturated heterocycles. The Morgan fingerprint density at radius 3 is 3.06 bits per heavy atom. The zero-order valence-electron chi connectivity index (χ0n) is 9.37. The van der Waals surface area contributed by atoms with E-state index in [4.69, 9.17) is 12.2 Å². The van der Waals surface area contributed by atoms with Crippen molar-refractivity contribution in [1.82, 2.24) is 19.7 Å². The first-order chi connectivity index (χ1) is 8.81. The number of H-pyrrole nitrogens is 1. The molecule has 2 N–H and O–H groups in total. The number of nitrogens with one attached hydrogen (secondary N) is 1. The lowest BCUT2D eigenvalue weighted by atomic mass is 10.1. The van der Waals surface area contributed by atoms with E-state index in [9.17, 15) is 5.11 Å². The first-order valence-corrected chi connectivity index (χ1v) is 5.82. The van der Waals surface area contributed by atoms with Gasteiger partial charge in [0.05, 0.1) is 5.69 Å². The van der Waals surface area contributed by atoms with E-state index in [1.165, 1.54) is 0 Å². The van der Waals surface area contributed by atoms with Gasteiger partial charge in [-0.2, -0.15) is 5.10 Å². The van der Waals surface area contributed by atoms with Gasteiger partial charge < -0.3 is 5.11 Å². The number of aromatic amines is 1. The molecule has 3 aromatic rings. The Morgan fingerprint density at radius 2 is 2.22 bits per heavy atom. The quantitative estimate of drug-likeness (QED) is 0.690. The van der Waals surface area contributed by atoms with Gasteiger partial charge in [0.25, 0.3) is 0 Å². The molecule has 0 spiro atoms. The van der Waals surface area contributed by atoms with Crippen LogP contribution in [0, 0.1) is 4.77 Å². The smallest absolute Gasteiger partial charge is 0.199 e. The van der Waals surface area contributed by atoms with Crippen LogP contribution in [-0.2, 0) is 6.61 Å². The van der Waals surface area contributed by atoms with E-state index in [0.29, 0.717) is 10.6 Å². The van der Waals surface area contributed by atoms with Crippen LogP contribution >= 0.6 is 12.2 Å². The van der Waals surface area contributed by atoms with Gasteiger partial charge in [-0.3, -0.25) is 14.6 Å². The van der Waals surface area contributed by atoms with Gasteiger partial charge in [0, 0.05) is 23.2 Å². The molecule has 1 aromatic carbocycles. The number of pyridine rings is 1. The third kappa shape index (κ3) is 1.62. The van der Waals surface area contributed by atoms with Gasteiger partial charge in [-0.05, 0) is 24.4 Å². The monoisotopic (exact) mass is 258 g/mol. The van der Waals surface area contributed by atoms with Crippen molar-refractivity contribution in [3.8, 4) is 5.69 Å². The van der Waals surface area contributed by atoms with E-state index < -0.39 is 0 Å².